The fourth-order valence-electron chi connectivity index (χ4n) is 5.22. The molecule has 0 bridgehead atoms. The molecule has 0 aromatic carbocycles. The summed E-state index contributed by atoms with van der Waals surface area (Å²) >= 11 is 0. The summed E-state index contributed by atoms with van der Waals surface area (Å²) in [4.78, 5) is 0. The number of rotatable bonds is 4. The summed E-state index contributed by atoms with van der Waals surface area (Å²) in [5, 5.41) is 0. The average molecular weight is 295 g/mol. The molecule has 2 rings (SSSR count). The van der Waals surface area contributed by atoms with Gasteiger partial charge >= 0.3 is 0 Å². The third kappa shape index (κ3) is 3.82. The zero-order chi connectivity index (χ0) is 15.6. The summed E-state index contributed by atoms with van der Waals surface area (Å²) < 4.78 is 0. The van der Waals surface area contributed by atoms with Crippen molar-refractivity contribution in [3.05, 3.63) is 0 Å². The van der Waals surface area contributed by atoms with E-state index < -0.39 is 0 Å². The molecule has 2 aliphatic rings. The molecule has 7 atom stereocenters. The van der Waals surface area contributed by atoms with Crippen LogP contribution in [0.1, 0.15) is 79.1 Å². The number of hydrogen-bond donors (Lipinski definition) is 2. The van der Waals surface area contributed by atoms with E-state index in [1.165, 1.54) is 51.4 Å². The van der Waals surface area contributed by atoms with E-state index in [0.717, 1.165) is 17.8 Å². The molecule has 7 unspecified atom stereocenters. The average Bonchev–Trinajstić information content (AvgIpc) is 2.46. The molecule has 0 saturated heterocycles. The fraction of sp³-hybridized carbons (Fsp3) is 1.00. The van der Waals surface area contributed by atoms with Crippen LogP contribution in [0.25, 0.3) is 0 Å². The van der Waals surface area contributed by atoms with Gasteiger partial charge in [-0.25, -0.2) is 0 Å². The minimum atomic E-state index is 0.361. The molecule has 0 aromatic heterocycles. The Morgan fingerprint density at radius 3 is 2.33 bits per heavy atom. The van der Waals surface area contributed by atoms with E-state index in [1.54, 1.807) is 0 Å². The summed E-state index contributed by atoms with van der Waals surface area (Å²) in [5.74, 6) is 3.26. The van der Waals surface area contributed by atoms with E-state index in [0.29, 0.717) is 23.4 Å². The van der Waals surface area contributed by atoms with Gasteiger partial charge < -0.3 is 11.5 Å². The van der Waals surface area contributed by atoms with Crippen LogP contribution in [0.2, 0.25) is 0 Å². The highest BCUT2D eigenvalue weighted by Gasteiger charge is 2.42. The lowest BCUT2D eigenvalue weighted by molar-refractivity contribution is 0.0521. The molecule has 124 valence electrons. The predicted molar refractivity (Wildman–Crippen MR) is 92.0 cm³/mol. The lowest BCUT2D eigenvalue weighted by atomic mass is 9.59. The van der Waals surface area contributed by atoms with Gasteiger partial charge in [0, 0.05) is 12.1 Å². The van der Waals surface area contributed by atoms with Crippen LogP contribution in [0.5, 0.6) is 0 Å². The third-order valence-corrected chi connectivity index (χ3v) is 7.05. The number of nitrogens with two attached hydrogens (primary N) is 2. The van der Waals surface area contributed by atoms with Gasteiger partial charge in [-0.2, -0.15) is 0 Å². The minimum absolute atomic E-state index is 0.361. The second-order valence-electron chi connectivity index (χ2n) is 8.56. The molecule has 0 aromatic rings. The smallest absolute Gasteiger partial charge is 0.0121 e. The Hall–Kier alpha value is -0.0800. The summed E-state index contributed by atoms with van der Waals surface area (Å²) in [6, 6.07) is 0.854. The molecule has 2 heteroatoms. The molecule has 21 heavy (non-hydrogen) atoms. The van der Waals surface area contributed by atoms with Crippen LogP contribution >= 0.6 is 0 Å². The normalized spacial score (nSPS) is 48.3. The monoisotopic (exact) mass is 294 g/mol. The van der Waals surface area contributed by atoms with Gasteiger partial charge in [-0.05, 0) is 74.0 Å². The maximum atomic E-state index is 6.60. The lowest BCUT2D eigenvalue weighted by Gasteiger charge is -2.48. The zero-order valence-electron chi connectivity index (χ0n) is 14.8. The van der Waals surface area contributed by atoms with Crippen molar-refractivity contribution in [1.29, 1.82) is 0 Å². The van der Waals surface area contributed by atoms with Gasteiger partial charge in [-0.15, -0.1) is 0 Å². The summed E-state index contributed by atoms with van der Waals surface area (Å²) in [7, 11) is 0. The van der Waals surface area contributed by atoms with Crippen molar-refractivity contribution in [2.75, 3.05) is 0 Å². The van der Waals surface area contributed by atoms with Crippen LogP contribution in [0, 0.1) is 29.1 Å². The third-order valence-electron chi connectivity index (χ3n) is 7.05. The molecule has 2 aliphatic carbocycles. The van der Waals surface area contributed by atoms with Crippen LogP contribution in [0.3, 0.4) is 0 Å². The highest BCUT2D eigenvalue weighted by molar-refractivity contribution is 4.96. The topological polar surface area (TPSA) is 52.0 Å². The second-order valence-corrected chi connectivity index (χ2v) is 8.56. The van der Waals surface area contributed by atoms with Crippen LogP contribution in [-0.4, -0.2) is 12.1 Å². The summed E-state index contributed by atoms with van der Waals surface area (Å²) in [6.45, 7) is 9.44. The molecule has 0 aliphatic heterocycles. The maximum absolute atomic E-state index is 6.60. The minimum Gasteiger partial charge on any atom is -0.327 e. The fourth-order valence-corrected chi connectivity index (χ4v) is 5.22. The van der Waals surface area contributed by atoms with Gasteiger partial charge in [0.15, 0.2) is 0 Å². The Balaban J connectivity index is 1.97. The molecular weight excluding hydrogens is 256 g/mol. The summed E-state index contributed by atoms with van der Waals surface area (Å²) in [5.41, 5.74) is 13.1. The molecule has 0 radical (unpaired) electrons. The van der Waals surface area contributed by atoms with Crippen LogP contribution in [-0.2, 0) is 0 Å². The number of hydrogen-bond acceptors (Lipinski definition) is 2. The van der Waals surface area contributed by atoms with Crippen LogP contribution in [0.4, 0.5) is 0 Å². The Kier molecular flexibility index (Phi) is 5.76. The highest BCUT2D eigenvalue weighted by atomic mass is 14.7. The first-order valence-corrected chi connectivity index (χ1v) is 9.40. The van der Waals surface area contributed by atoms with Gasteiger partial charge in [0.25, 0.3) is 0 Å². The standard InChI is InChI=1S/C19H38N2/c1-5-16-11-15(12-19(4,6-2)18(16)21)10-14-7-8-17(20)13(3)9-14/h13-18H,5-12,20-21H2,1-4H3. The molecule has 0 spiro atoms. The zero-order valence-corrected chi connectivity index (χ0v) is 14.8. The van der Waals surface area contributed by atoms with E-state index in [9.17, 15) is 0 Å². The first kappa shape index (κ1) is 17.3. The van der Waals surface area contributed by atoms with E-state index in [2.05, 4.69) is 27.7 Å². The molecule has 4 N–H and O–H groups in total. The second kappa shape index (κ2) is 7.00. The molecule has 2 nitrogen and oxygen atoms in total. The molecule has 2 saturated carbocycles. The first-order chi connectivity index (χ1) is 9.89. The van der Waals surface area contributed by atoms with Crippen LogP contribution < -0.4 is 11.5 Å². The highest BCUT2D eigenvalue weighted by Crippen LogP contribution is 2.47. The van der Waals surface area contributed by atoms with Gasteiger partial charge in [0.05, 0.1) is 0 Å². The van der Waals surface area contributed by atoms with Gasteiger partial charge in [0.1, 0.15) is 0 Å². The van der Waals surface area contributed by atoms with Gasteiger partial charge in [-0.1, -0.05) is 34.1 Å². The SMILES string of the molecule is CCC1CC(CC2CCC(N)C(C)C2)CC(C)(CC)C1N. The van der Waals surface area contributed by atoms with Gasteiger partial charge in [-0.3, -0.25) is 0 Å². The van der Waals surface area contributed by atoms with Crippen molar-refractivity contribution in [1.82, 2.24) is 0 Å². The maximum Gasteiger partial charge on any atom is 0.0121 e. The van der Waals surface area contributed by atoms with Crippen molar-refractivity contribution < 1.29 is 0 Å². The molecule has 0 amide bonds. The van der Waals surface area contributed by atoms with Crippen molar-refractivity contribution in [3.63, 3.8) is 0 Å². The lowest BCUT2D eigenvalue weighted by Crippen LogP contribution is -2.50. The first-order valence-electron chi connectivity index (χ1n) is 9.40. The van der Waals surface area contributed by atoms with Gasteiger partial charge in [0.2, 0.25) is 0 Å². The predicted octanol–water partition coefficient (Wildman–Crippen LogP) is 4.32. The van der Waals surface area contributed by atoms with Crippen molar-refractivity contribution >= 4 is 0 Å². The van der Waals surface area contributed by atoms with Crippen molar-refractivity contribution in [2.45, 2.75) is 91.1 Å². The van der Waals surface area contributed by atoms with Crippen LogP contribution in [0.15, 0.2) is 0 Å². The largest absolute Gasteiger partial charge is 0.327 e. The Morgan fingerprint density at radius 1 is 1.05 bits per heavy atom. The Labute approximate surface area is 132 Å². The summed E-state index contributed by atoms with van der Waals surface area (Å²) in [6.07, 6.45) is 10.6. The molecule has 2 fully saturated rings. The Bertz CT molecular complexity index is 330. The Morgan fingerprint density at radius 2 is 1.76 bits per heavy atom. The van der Waals surface area contributed by atoms with E-state index in [-0.39, 0.29) is 0 Å². The quantitative estimate of drug-likeness (QED) is 0.811. The molecular formula is C19H38N2. The van der Waals surface area contributed by atoms with E-state index >= 15 is 0 Å². The molecule has 0 heterocycles. The van der Waals surface area contributed by atoms with Crippen molar-refractivity contribution in [2.24, 2.45) is 40.6 Å². The van der Waals surface area contributed by atoms with E-state index in [4.69, 9.17) is 11.5 Å². The van der Waals surface area contributed by atoms with Crippen molar-refractivity contribution in [3.8, 4) is 0 Å². The van der Waals surface area contributed by atoms with E-state index in [1.807, 2.05) is 0 Å².